The molecule has 336 valence electrons. The lowest BCUT2D eigenvalue weighted by Crippen LogP contribution is -2.25. The third-order valence-electron chi connectivity index (χ3n) is 13.6. The average Bonchev–Trinajstić information content (AvgIpc) is 3.92. The molecule has 0 amide bonds. The van der Waals surface area contributed by atoms with E-state index in [1.54, 1.807) is 0 Å². The molecule has 1 aliphatic heterocycles. The second-order valence-corrected chi connectivity index (χ2v) is 21.5. The molecule has 0 saturated heterocycles. The molecule has 5 heteroatoms. The minimum absolute atomic E-state index is 0.0292. The zero-order valence-corrected chi connectivity index (χ0v) is 41.1. The van der Waals surface area contributed by atoms with E-state index in [2.05, 4.69) is 249 Å². The van der Waals surface area contributed by atoms with Gasteiger partial charge in [-0.3, -0.25) is 4.57 Å². The van der Waals surface area contributed by atoms with E-state index in [0.29, 0.717) is 18.5 Å². The Kier molecular flexibility index (Phi) is 11.5. The minimum atomic E-state index is -0.180. The molecule has 0 bridgehead atoms. The van der Waals surface area contributed by atoms with E-state index in [-0.39, 0.29) is 16.2 Å². The molecule has 66 heavy (non-hydrogen) atoms. The number of aromatic nitrogens is 2. The first-order valence-electron chi connectivity index (χ1n) is 23.8. The number of hydrogen-bond donors (Lipinski definition) is 0. The van der Waals surface area contributed by atoms with E-state index in [1.807, 2.05) is 6.20 Å². The van der Waals surface area contributed by atoms with Crippen LogP contribution in [0.15, 0.2) is 158 Å². The Hall–Kier alpha value is -6.59. The molecule has 0 unspecified atom stereocenters. The molecule has 0 N–H and O–H groups in total. The summed E-state index contributed by atoms with van der Waals surface area (Å²) in [6, 6.07) is 51.1. The molecule has 5 nitrogen and oxygen atoms in total. The fourth-order valence-corrected chi connectivity index (χ4v) is 9.80. The predicted octanol–water partition coefficient (Wildman–Crippen LogP) is 16.6. The summed E-state index contributed by atoms with van der Waals surface area (Å²) >= 11 is 0. The van der Waals surface area contributed by atoms with Crippen LogP contribution in [0.4, 0.5) is 11.4 Å². The predicted molar refractivity (Wildman–Crippen MR) is 280 cm³/mol. The van der Waals surface area contributed by atoms with Crippen molar-refractivity contribution in [2.75, 3.05) is 16.5 Å². The lowest BCUT2D eigenvalue weighted by Gasteiger charge is -2.28. The van der Waals surface area contributed by atoms with Gasteiger partial charge in [0.1, 0.15) is 17.3 Å². The topological polar surface area (TPSA) is 33.5 Å². The molecule has 6 aromatic carbocycles. The fourth-order valence-electron chi connectivity index (χ4n) is 9.80. The Labute approximate surface area is 393 Å². The molecular formula is C61H66N4O. The van der Waals surface area contributed by atoms with Gasteiger partial charge in [-0.1, -0.05) is 162 Å². The van der Waals surface area contributed by atoms with Gasteiger partial charge in [0.15, 0.2) is 0 Å². The van der Waals surface area contributed by atoms with Crippen molar-refractivity contribution in [3.8, 4) is 28.4 Å². The Bertz CT molecular complexity index is 3070. The number of fused-ring (bicyclic) bond motifs is 3. The summed E-state index contributed by atoms with van der Waals surface area (Å²) in [7, 11) is 0. The van der Waals surface area contributed by atoms with Gasteiger partial charge >= 0.3 is 0 Å². The second-order valence-electron chi connectivity index (χ2n) is 21.5. The highest BCUT2D eigenvalue weighted by atomic mass is 16.5. The molecule has 0 saturated carbocycles. The molecule has 0 aliphatic carbocycles. The number of benzene rings is 6. The summed E-state index contributed by atoms with van der Waals surface area (Å²) in [6.45, 7) is 28.2. The highest BCUT2D eigenvalue weighted by Gasteiger charge is 2.28. The molecule has 2 aromatic heterocycles. The summed E-state index contributed by atoms with van der Waals surface area (Å²) in [4.78, 5) is 9.69. The molecule has 9 rings (SSSR count). The highest BCUT2D eigenvalue weighted by molar-refractivity contribution is 6.11. The van der Waals surface area contributed by atoms with E-state index >= 15 is 0 Å². The van der Waals surface area contributed by atoms with Crippen LogP contribution in [0, 0.1) is 0 Å². The van der Waals surface area contributed by atoms with Crippen LogP contribution in [-0.2, 0) is 16.2 Å². The largest absolute Gasteiger partial charge is 0.457 e. The van der Waals surface area contributed by atoms with Crippen molar-refractivity contribution in [1.29, 1.82) is 0 Å². The molecule has 0 fully saturated rings. The average molecular weight is 871 g/mol. The maximum absolute atomic E-state index is 7.26. The molecule has 0 radical (unpaired) electrons. The number of rotatable bonds is 10. The number of pyridine rings is 1. The van der Waals surface area contributed by atoms with Crippen LogP contribution in [0.1, 0.15) is 128 Å². The zero-order chi connectivity index (χ0) is 46.7. The van der Waals surface area contributed by atoms with Gasteiger partial charge in [0.05, 0.1) is 17.7 Å². The summed E-state index contributed by atoms with van der Waals surface area (Å²) in [5, 5.41) is 2.44. The lowest BCUT2D eigenvalue weighted by atomic mass is 9.78. The van der Waals surface area contributed by atoms with E-state index in [9.17, 15) is 0 Å². The van der Waals surface area contributed by atoms with Crippen molar-refractivity contribution in [3.63, 3.8) is 0 Å². The van der Waals surface area contributed by atoms with Crippen LogP contribution in [0.25, 0.3) is 38.8 Å². The summed E-state index contributed by atoms with van der Waals surface area (Å²) in [5.74, 6) is 3.17. The molecule has 3 heterocycles. The van der Waals surface area contributed by atoms with Crippen LogP contribution in [0.2, 0.25) is 0 Å². The summed E-state index contributed by atoms with van der Waals surface area (Å²) in [5.41, 5.74) is 14.3. The first-order valence-corrected chi connectivity index (χ1v) is 23.8. The van der Waals surface area contributed by atoms with Crippen LogP contribution in [0.3, 0.4) is 0 Å². The number of nitrogens with zero attached hydrogens (tertiary/aromatic N) is 4. The van der Waals surface area contributed by atoms with E-state index in [1.165, 1.54) is 49.7 Å². The number of para-hydroxylation sites is 1. The highest BCUT2D eigenvalue weighted by Crippen LogP contribution is 2.45. The second kappa shape index (κ2) is 17.0. The molecule has 1 aliphatic rings. The van der Waals surface area contributed by atoms with Gasteiger partial charge in [-0.25, -0.2) is 4.98 Å². The third-order valence-corrected chi connectivity index (χ3v) is 13.6. The maximum Gasteiger partial charge on any atom is 0.137 e. The van der Waals surface area contributed by atoms with Crippen LogP contribution < -0.4 is 14.5 Å². The Morgan fingerprint density at radius 3 is 1.85 bits per heavy atom. The van der Waals surface area contributed by atoms with Gasteiger partial charge in [0.25, 0.3) is 0 Å². The van der Waals surface area contributed by atoms with Gasteiger partial charge in [0, 0.05) is 58.3 Å². The van der Waals surface area contributed by atoms with Gasteiger partial charge in [-0.2, -0.15) is 0 Å². The molecule has 8 aromatic rings. The monoisotopic (exact) mass is 871 g/mol. The number of anilines is 2. The van der Waals surface area contributed by atoms with Gasteiger partial charge in [-0.15, -0.1) is 0 Å². The van der Waals surface area contributed by atoms with Crippen LogP contribution >= 0.6 is 0 Å². The van der Waals surface area contributed by atoms with Crippen molar-refractivity contribution in [3.05, 3.63) is 192 Å². The SMILES string of the molecule is CC(C)c1cccc(C(C)C)c1-c1cc(Oc2cc(C(C)(C)C)c3c4ccccc4n(-c4cc(C(C)(C)C)ccn4)c3c2)cc(N2C=CN(c3cccc(C(C)(C)c4ccccc4)c3)C2)c1. The van der Waals surface area contributed by atoms with Gasteiger partial charge < -0.3 is 14.5 Å². The van der Waals surface area contributed by atoms with Crippen molar-refractivity contribution < 1.29 is 4.74 Å². The van der Waals surface area contributed by atoms with E-state index in [4.69, 9.17) is 9.72 Å². The minimum Gasteiger partial charge on any atom is -0.457 e. The van der Waals surface area contributed by atoms with Crippen molar-refractivity contribution in [1.82, 2.24) is 9.55 Å². The zero-order valence-electron chi connectivity index (χ0n) is 41.1. The summed E-state index contributed by atoms with van der Waals surface area (Å²) in [6.07, 6.45) is 6.36. The van der Waals surface area contributed by atoms with Crippen LogP contribution in [0.5, 0.6) is 11.5 Å². The normalized spacial score (nSPS) is 13.5. The molecule has 0 spiro atoms. The fraction of sp³-hybridized carbons (Fsp3) is 0.295. The smallest absolute Gasteiger partial charge is 0.137 e. The quantitative estimate of drug-likeness (QED) is 0.137. The Morgan fingerprint density at radius 2 is 1.17 bits per heavy atom. The maximum atomic E-state index is 7.26. The van der Waals surface area contributed by atoms with Gasteiger partial charge in [-0.05, 0) is 116 Å². The standard InChI is InChI=1S/C61H66N4O/c1-40(2)50-25-19-26-51(41(3)4)57(50)42-32-47(64-31-30-63(39-64)46-23-18-22-45(34-46)61(11,12)43-20-14-13-15-21-43)36-48(33-42)66-49-37-53(60(8,9)10)58-52-24-16-17-27-54(52)65(55(58)38-49)56-35-44(28-29-62-56)59(5,6)7/h13-38,40-41H,39H2,1-12H3. The lowest BCUT2D eigenvalue weighted by molar-refractivity contribution is 0.480. The number of ether oxygens (including phenoxy) is 1. The van der Waals surface area contributed by atoms with Crippen LogP contribution in [-0.4, -0.2) is 16.2 Å². The van der Waals surface area contributed by atoms with E-state index < -0.39 is 0 Å². The third kappa shape index (κ3) is 8.41. The number of hydrogen-bond acceptors (Lipinski definition) is 4. The molecule has 0 atom stereocenters. The first kappa shape index (κ1) is 44.6. The molecular weight excluding hydrogens is 805 g/mol. The Balaban J connectivity index is 1.18. The van der Waals surface area contributed by atoms with Crippen molar-refractivity contribution >= 4 is 33.2 Å². The van der Waals surface area contributed by atoms with E-state index in [0.717, 1.165) is 45.3 Å². The van der Waals surface area contributed by atoms with Gasteiger partial charge in [0.2, 0.25) is 0 Å². The Morgan fingerprint density at radius 1 is 0.530 bits per heavy atom. The first-order chi connectivity index (χ1) is 31.4. The summed E-state index contributed by atoms with van der Waals surface area (Å²) < 4.78 is 9.59. The van der Waals surface area contributed by atoms with Crippen molar-refractivity contribution in [2.45, 2.75) is 111 Å². The van der Waals surface area contributed by atoms with Crippen molar-refractivity contribution in [2.24, 2.45) is 0 Å².